The summed E-state index contributed by atoms with van der Waals surface area (Å²) in [6, 6.07) is 0. The van der Waals surface area contributed by atoms with Gasteiger partial charge in [-0.25, -0.2) is 4.79 Å². The Morgan fingerprint density at radius 2 is 1.75 bits per heavy atom. The molecule has 5 aliphatic carbocycles. The second-order valence-corrected chi connectivity index (χ2v) is 12.5. The van der Waals surface area contributed by atoms with Crippen molar-refractivity contribution >= 4 is 27.9 Å². The molecule has 0 aromatic heterocycles. The van der Waals surface area contributed by atoms with Gasteiger partial charge in [0.1, 0.15) is 6.10 Å². The number of hydrogen-bond acceptors (Lipinski definition) is 4. The molecule has 0 N–H and O–H groups in total. The van der Waals surface area contributed by atoms with Crippen molar-refractivity contribution in [3.05, 3.63) is 0 Å². The van der Waals surface area contributed by atoms with Gasteiger partial charge in [-0.2, -0.15) is 0 Å². The Balaban J connectivity index is 1.33. The maximum atomic E-state index is 13.0. The van der Waals surface area contributed by atoms with E-state index in [2.05, 4.69) is 36.7 Å². The Morgan fingerprint density at radius 3 is 2.36 bits per heavy atom. The van der Waals surface area contributed by atoms with Gasteiger partial charge in [0, 0.05) is 4.32 Å². The van der Waals surface area contributed by atoms with Gasteiger partial charge in [0.25, 0.3) is 0 Å². The molecule has 0 spiro atoms. The normalized spacial score (nSPS) is 44.5. The zero-order valence-corrected chi connectivity index (χ0v) is 19.1. The molecule has 0 aromatic rings. The predicted octanol–water partition coefficient (Wildman–Crippen LogP) is 5.27. The quantitative estimate of drug-likeness (QED) is 0.419. The van der Waals surface area contributed by atoms with Gasteiger partial charge in [-0.3, -0.25) is 4.79 Å². The largest absolute Gasteiger partial charge is 0.460 e. The van der Waals surface area contributed by atoms with Gasteiger partial charge in [-0.1, -0.05) is 43.1 Å². The number of alkyl halides is 1. The second-order valence-electron chi connectivity index (χ2n) is 10.8. The van der Waals surface area contributed by atoms with Crippen LogP contribution < -0.4 is 0 Å². The summed E-state index contributed by atoms with van der Waals surface area (Å²) < 4.78 is 11.5. The maximum absolute atomic E-state index is 13.0. The monoisotopic (exact) mass is 454 g/mol. The highest BCUT2D eigenvalue weighted by Gasteiger charge is 2.60. The summed E-state index contributed by atoms with van der Waals surface area (Å²) in [5.74, 6) is 2.18. The average Bonchev–Trinajstić information content (AvgIpc) is 2.57. The molecule has 0 unspecified atom stereocenters. The van der Waals surface area contributed by atoms with Crippen molar-refractivity contribution in [1.82, 2.24) is 0 Å². The topological polar surface area (TPSA) is 52.6 Å². The van der Waals surface area contributed by atoms with Gasteiger partial charge in [0.15, 0.2) is 6.61 Å². The Bertz CT molecular complexity index is 616. The molecule has 0 saturated heterocycles. The van der Waals surface area contributed by atoms with E-state index in [0.717, 1.165) is 32.1 Å². The lowest BCUT2D eigenvalue weighted by Gasteiger charge is -2.58. The Morgan fingerprint density at radius 1 is 1.07 bits per heavy atom. The van der Waals surface area contributed by atoms with Crippen LogP contribution in [0.1, 0.15) is 78.6 Å². The van der Waals surface area contributed by atoms with Crippen LogP contribution in [0, 0.1) is 35.0 Å². The third-order valence-corrected chi connectivity index (χ3v) is 8.92. The Hall–Kier alpha value is -0.580. The summed E-state index contributed by atoms with van der Waals surface area (Å²) in [5.41, 5.74) is -0.381. The third kappa shape index (κ3) is 4.02. The van der Waals surface area contributed by atoms with Gasteiger partial charge in [0.2, 0.25) is 0 Å². The van der Waals surface area contributed by atoms with E-state index in [0.29, 0.717) is 29.6 Å². The lowest BCUT2D eigenvalue weighted by molar-refractivity contribution is -0.179. The van der Waals surface area contributed by atoms with Crippen molar-refractivity contribution < 1.29 is 19.1 Å². The summed E-state index contributed by atoms with van der Waals surface area (Å²) in [7, 11) is 0. The van der Waals surface area contributed by atoms with Crippen molar-refractivity contribution in [2.24, 2.45) is 35.0 Å². The molecule has 5 saturated carbocycles. The SMILES string of the molecule is CC(C)[C@H]1CC[C@@H](C)C[C@@H]1OC(=O)COC(=O)C12C[C@H]3C[C@@H](CC(Br)(C3)C1)C2. The number of hydrogen-bond donors (Lipinski definition) is 0. The van der Waals surface area contributed by atoms with E-state index in [1.807, 2.05) is 0 Å². The lowest BCUT2D eigenvalue weighted by atomic mass is 9.49. The molecule has 0 amide bonds. The fraction of sp³-hybridized carbons (Fsp3) is 0.913. The standard InChI is InChI=1S/C23H35BrO4/c1-14(2)18-5-4-15(3)6-19(18)28-20(25)12-27-21(26)22-8-16-7-17(9-22)11-23(24,10-16)13-22/h14-19H,4-13H2,1-3H3/t15-,16-,17-,18-,19+,22?,23?/m1/s1. The first-order valence-corrected chi connectivity index (χ1v) is 12.0. The zero-order valence-electron chi connectivity index (χ0n) is 17.5. The molecular weight excluding hydrogens is 420 g/mol. The highest BCUT2D eigenvalue weighted by atomic mass is 79.9. The van der Waals surface area contributed by atoms with Gasteiger partial charge < -0.3 is 9.47 Å². The lowest BCUT2D eigenvalue weighted by Crippen LogP contribution is -2.56. The first kappa shape index (κ1) is 20.7. The highest BCUT2D eigenvalue weighted by molar-refractivity contribution is 9.10. The minimum absolute atomic E-state index is 0.0414. The molecule has 0 heterocycles. The second kappa shape index (κ2) is 7.59. The molecule has 0 aliphatic heterocycles. The van der Waals surface area contributed by atoms with Crippen molar-refractivity contribution in [3.63, 3.8) is 0 Å². The molecule has 4 bridgehead atoms. The van der Waals surface area contributed by atoms with E-state index in [1.165, 1.54) is 25.7 Å². The number of carbonyl (C=O) groups is 2. The summed E-state index contributed by atoms with van der Waals surface area (Å²) in [4.78, 5) is 25.5. The highest BCUT2D eigenvalue weighted by Crippen LogP contribution is 2.64. The van der Waals surface area contributed by atoms with E-state index in [9.17, 15) is 9.59 Å². The van der Waals surface area contributed by atoms with E-state index >= 15 is 0 Å². The van der Waals surface area contributed by atoms with Gasteiger partial charge in [0.05, 0.1) is 5.41 Å². The molecule has 5 atom stereocenters. The summed E-state index contributed by atoms with van der Waals surface area (Å²) in [5, 5.41) is 0. The number of esters is 2. The molecule has 5 heteroatoms. The Kier molecular flexibility index (Phi) is 5.61. The van der Waals surface area contributed by atoms with Crippen LogP contribution in [-0.2, 0) is 19.1 Å². The number of halogens is 1. The first-order chi connectivity index (χ1) is 13.2. The molecule has 0 aromatic carbocycles. The van der Waals surface area contributed by atoms with E-state index in [-0.39, 0.29) is 34.4 Å². The molecular formula is C23H35BrO4. The van der Waals surface area contributed by atoms with Gasteiger partial charge >= 0.3 is 11.9 Å². The number of carbonyl (C=O) groups excluding carboxylic acids is 2. The maximum Gasteiger partial charge on any atom is 0.344 e. The average molecular weight is 455 g/mol. The van der Waals surface area contributed by atoms with Crippen LogP contribution in [0.5, 0.6) is 0 Å². The molecule has 28 heavy (non-hydrogen) atoms. The summed E-state index contributed by atoms with van der Waals surface area (Å²) in [6.07, 6.45) is 9.51. The van der Waals surface area contributed by atoms with Crippen molar-refractivity contribution in [3.8, 4) is 0 Å². The fourth-order valence-electron chi connectivity index (χ4n) is 7.12. The van der Waals surface area contributed by atoms with Crippen LogP contribution in [0.2, 0.25) is 0 Å². The van der Waals surface area contributed by atoms with Crippen LogP contribution in [0.15, 0.2) is 0 Å². The summed E-state index contributed by atoms with van der Waals surface area (Å²) in [6.45, 7) is 6.39. The first-order valence-electron chi connectivity index (χ1n) is 11.2. The molecule has 5 aliphatic rings. The zero-order chi connectivity index (χ0) is 20.1. The van der Waals surface area contributed by atoms with Crippen LogP contribution in [0.4, 0.5) is 0 Å². The van der Waals surface area contributed by atoms with Gasteiger partial charge in [-0.05, 0) is 81.0 Å². The summed E-state index contributed by atoms with van der Waals surface area (Å²) >= 11 is 3.93. The van der Waals surface area contributed by atoms with Crippen molar-refractivity contribution in [1.29, 1.82) is 0 Å². The van der Waals surface area contributed by atoms with E-state index in [4.69, 9.17) is 9.47 Å². The third-order valence-electron chi connectivity index (χ3n) is 7.99. The predicted molar refractivity (Wildman–Crippen MR) is 111 cm³/mol. The number of ether oxygens (including phenoxy) is 2. The van der Waals surface area contributed by atoms with Crippen LogP contribution in [-0.4, -0.2) is 29.0 Å². The van der Waals surface area contributed by atoms with Crippen molar-refractivity contribution in [2.75, 3.05) is 6.61 Å². The van der Waals surface area contributed by atoms with Crippen LogP contribution in [0.25, 0.3) is 0 Å². The molecule has 0 radical (unpaired) electrons. The van der Waals surface area contributed by atoms with E-state index in [1.54, 1.807) is 0 Å². The Labute approximate surface area is 177 Å². The minimum atomic E-state index is -0.381. The molecule has 158 valence electrons. The van der Waals surface area contributed by atoms with E-state index < -0.39 is 0 Å². The smallest absolute Gasteiger partial charge is 0.344 e. The number of rotatable bonds is 5. The van der Waals surface area contributed by atoms with Crippen LogP contribution >= 0.6 is 15.9 Å². The molecule has 5 fully saturated rings. The minimum Gasteiger partial charge on any atom is -0.460 e. The van der Waals surface area contributed by atoms with Gasteiger partial charge in [-0.15, -0.1) is 0 Å². The van der Waals surface area contributed by atoms with Crippen LogP contribution in [0.3, 0.4) is 0 Å². The fourth-order valence-corrected chi connectivity index (χ4v) is 8.57. The van der Waals surface area contributed by atoms with Crippen molar-refractivity contribution in [2.45, 2.75) is 89.0 Å². The molecule has 4 nitrogen and oxygen atoms in total. The molecule has 5 rings (SSSR count).